The average molecular weight is 572 g/mol. The Labute approximate surface area is 238 Å². The van der Waals surface area contributed by atoms with E-state index in [0.29, 0.717) is 45.6 Å². The molecule has 1 unspecified atom stereocenters. The van der Waals surface area contributed by atoms with Gasteiger partial charge in [-0.15, -0.1) is 10.2 Å². The number of nitrogens with two attached hydrogens (primary N) is 2. The lowest BCUT2D eigenvalue weighted by molar-refractivity contribution is -0.116. The Morgan fingerprint density at radius 3 is 2.67 bits per heavy atom. The Balaban J connectivity index is 1.42. The third-order valence-corrected chi connectivity index (χ3v) is 8.83. The van der Waals surface area contributed by atoms with Gasteiger partial charge in [0, 0.05) is 17.7 Å². The maximum absolute atomic E-state index is 13.3. The van der Waals surface area contributed by atoms with Crippen LogP contribution in [0.3, 0.4) is 0 Å². The van der Waals surface area contributed by atoms with Crippen molar-refractivity contribution in [3.8, 4) is 6.07 Å². The zero-order chi connectivity index (χ0) is 28.4. The minimum absolute atomic E-state index is 0.00761. The number of carbonyl (C=O) groups is 3. The van der Waals surface area contributed by atoms with Gasteiger partial charge in [0.2, 0.25) is 11.0 Å². The van der Waals surface area contributed by atoms with E-state index in [2.05, 4.69) is 21.6 Å². The van der Waals surface area contributed by atoms with Crippen molar-refractivity contribution in [2.24, 2.45) is 11.5 Å². The van der Waals surface area contributed by atoms with Crippen LogP contribution < -0.4 is 21.7 Å². The highest BCUT2D eigenvalue weighted by molar-refractivity contribution is 8.01. The van der Waals surface area contributed by atoms with Crippen molar-refractivity contribution >= 4 is 51.5 Å². The van der Waals surface area contributed by atoms with Crippen molar-refractivity contribution in [1.82, 2.24) is 10.2 Å². The molecule has 1 aliphatic heterocycles. The van der Waals surface area contributed by atoms with Crippen LogP contribution in [0.25, 0.3) is 0 Å². The molecule has 0 radical (unpaired) electrons. The highest BCUT2D eigenvalue weighted by atomic mass is 32.2. The predicted molar refractivity (Wildman–Crippen MR) is 153 cm³/mol. The van der Waals surface area contributed by atoms with Crippen LogP contribution in [-0.4, -0.2) is 33.5 Å². The maximum Gasteiger partial charge on any atom is 0.250 e. The van der Waals surface area contributed by atoms with Gasteiger partial charge in [-0.1, -0.05) is 59.5 Å². The van der Waals surface area contributed by atoms with Gasteiger partial charge in [-0.2, -0.15) is 5.26 Å². The van der Waals surface area contributed by atoms with E-state index in [1.807, 2.05) is 31.2 Å². The molecule has 1 aliphatic carbocycles. The number of benzene rings is 2. The zero-order valence-electron chi connectivity index (χ0n) is 21.5. The monoisotopic (exact) mass is 571 g/mol. The lowest BCUT2D eigenvalue weighted by Gasteiger charge is -2.38. The van der Waals surface area contributed by atoms with Crippen LogP contribution in [0.15, 0.2) is 75.5 Å². The maximum atomic E-state index is 13.3. The van der Waals surface area contributed by atoms with Gasteiger partial charge in [0.1, 0.15) is 5.82 Å². The molecule has 3 aromatic rings. The molecule has 0 spiro atoms. The molecule has 202 valence electrons. The van der Waals surface area contributed by atoms with E-state index in [0.717, 1.165) is 16.8 Å². The number of ketones is 1. The molecule has 0 saturated heterocycles. The van der Waals surface area contributed by atoms with E-state index < -0.39 is 11.8 Å². The Bertz CT molecular complexity index is 1640. The van der Waals surface area contributed by atoms with Gasteiger partial charge in [-0.3, -0.25) is 19.3 Å². The Kier molecular flexibility index (Phi) is 7.68. The van der Waals surface area contributed by atoms with Gasteiger partial charge in [-0.05, 0) is 43.0 Å². The number of hydrogen-bond donors (Lipinski definition) is 3. The molecular weight excluding hydrogens is 546 g/mol. The number of Topliss-reactive ketones (excluding diaryl/α,β-unsaturated/α-hetero) is 1. The fraction of sp³-hybridized carbons (Fsp3) is 0.214. The normalized spacial score (nSPS) is 16.9. The van der Waals surface area contributed by atoms with Gasteiger partial charge in [0.05, 0.1) is 34.6 Å². The Morgan fingerprint density at radius 1 is 1.18 bits per heavy atom. The minimum Gasteiger partial charge on any atom is -0.384 e. The molecular formula is C28H25N7O3S2. The number of rotatable bonds is 7. The molecule has 5 rings (SSSR count). The van der Waals surface area contributed by atoms with Gasteiger partial charge in [0.25, 0.3) is 5.91 Å². The molecule has 0 fully saturated rings. The number of carbonyl (C=O) groups excluding carboxylic acids is 3. The van der Waals surface area contributed by atoms with Crippen molar-refractivity contribution in [2.45, 2.75) is 36.4 Å². The second-order valence-corrected chi connectivity index (χ2v) is 11.4. The number of amides is 2. The van der Waals surface area contributed by atoms with Gasteiger partial charge >= 0.3 is 0 Å². The predicted octanol–water partition coefficient (Wildman–Crippen LogP) is 3.98. The quantitative estimate of drug-likeness (QED) is 0.355. The number of nitriles is 1. The molecule has 0 saturated carbocycles. The lowest BCUT2D eigenvalue weighted by Crippen LogP contribution is -2.38. The summed E-state index contributed by atoms with van der Waals surface area (Å²) >= 11 is 2.38. The van der Waals surface area contributed by atoms with Crippen molar-refractivity contribution in [2.75, 3.05) is 16.0 Å². The van der Waals surface area contributed by atoms with Crippen LogP contribution in [0.5, 0.6) is 0 Å². The smallest absolute Gasteiger partial charge is 0.250 e. The molecule has 2 aliphatic rings. The second kappa shape index (κ2) is 11.3. The van der Waals surface area contributed by atoms with Crippen molar-refractivity contribution < 1.29 is 14.4 Å². The minimum atomic E-state index is -0.638. The molecule has 12 heteroatoms. The molecule has 1 aromatic heterocycles. The molecule has 2 aromatic carbocycles. The first-order valence-electron chi connectivity index (χ1n) is 12.5. The van der Waals surface area contributed by atoms with Gasteiger partial charge < -0.3 is 16.8 Å². The molecule has 5 N–H and O–H groups in total. The van der Waals surface area contributed by atoms with E-state index in [4.69, 9.17) is 11.5 Å². The Morgan fingerprint density at radius 2 is 1.93 bits per heavy atom. The summed E-state index contributed by atoms with van der Waals surface area (Å²) in [7, 11) is 0. The number of nitrogens with one attached hydrogen (secondary N) is 1. The van der Waals surface area contributed by atoms with Crippen LogP contribution in [0.1, 0.15) is 46.7 Å². The summed E-state index contributed by atoms with van der Waals surface area (Å²) in [6.07, 6.45) is 1.67. The van der Waals surface area contributed by atoms with Crippen LogP contribution in [0.4, 0.5) is 10.8 Å². The van der Waals surface area contributed by atoms with E-state index in [1.54, 1.807) is 23.1 Å². The summed E-state index contributed by atoms with van der Waals surface area (Å²) in [5, 5.41) is 21.8. The first-order chi connectivity index (χ1) is 19.3. The lowest BCUT2D eigenvalue weighted by atomic mass is 9.75. The van der Waals surface area contributed by atoms with Crippen LogP contribution in [0, 0.1) is 18.3 Å². The molecule has 40 heavy (non-hydrogen) atoms. The molecule has 0 bridgehead atoms. The van der Waals surface area contributed by atoms with Gasteiger partial charge in [0.15, 0.2) is 10.1 Å². The summed E-state index contributed by atoms with van der Waals surface area (Å²) in [5.41, 5.74) is 16.0. The van der Waals surface area contributed by atoms with Crippen LogP contribution >= 0.6 is 23.1 Å². The SMILES string of the molecule is Cc1ccccc1C1C(C#N)=C(N)N(c2nnc(SCC(=O)Nc3ccccc3C(N)=O)s2)C2=C1C(=O)CCC2. The Hall–Kier alpha value is -4.47. The number of thioether (sulfide) groups is 1. The first-order valence-corrected chi connectivity index (χ1v) is 14.3. The number of allylic oxidation sites excluding steroid dienone is 3. The average Bonchev–Trinajstić information content (AvgIpc) is 3.40. The van der Waals surface area contributed by atoms with E-state index >= 15 is 0 Å². The fourth-order valence-electron chi connectivity index (χ4n) is 5.00. The molecule has 1 atom stereocenters. The van der Waals surface area contributed by atoms with Gasteiger partial charge in [-0.25, -0.2) is 0 Å². The summed E-state index contributed by atoms with van der Waals surface area (Å²) in [6.45, 7) is 1.96. The molecule has 10 nitrogen and oxygen atoms in total. The van der Waals surface area contributed by atoms with E-state index in [1.165, 1.54) is 29.2 Å². The second-order valence-electron chi connectivity index (χ2n) is 9.27. The van der Waals surface area contributed by atoms with E-state index in [-0.39, 0.29) is 28.8 Å². The topological polar surface area (TPSA) is 168 Å². The number of nitrogens with zero attached hydrogens (tertiary/aromatic N) is 4. The highest BCUT2D eigenvalue weighted by Gasteiger charge is 2.41. The largest absolute Gasteiger partial charge is 0.384 e. The zero-order valence-corrected chi connectivity index (χ0v) is 23.1. The number of aromatic nitrogens is 2. The van der Waals surface area contributed by atoms with Crippen molar-refractivity contribution in [3.05, 3.63) is 87.9 Å². The first kappa shape index (κ1) is 27.1. The highest BCUT2D eigenvalue weighted by Crippen LogP contribution is 2.47. The fourth-order valence-corrected chi connectivity index (χ4v) is 6.68. The number of primary amides is 1. The number of aryl methyl sites for hydroxylation is 1. The number of hydrogen-bond acceptors (Lipinski definition) is 10. The standard InChI is InChI=1S/C28H25N7O3S2/c1-15-7-2-3-8-16(15)23-18(13-29)25(30)35(20-11-6-12-21(36)24(20)23)27-33-34-28(40-27)39-14-22(37)32-19-10-5-4-9-17(19)26(31)38/h2-5,7-10,23H,6,11-12,14,30H2,1H3,(H2,31,38)(H,32,37). The summed E-state index contributed by atoms with van der Waals surface area (Å²) in [6, 6.07) is 16.5. The number of anilines is 2. The van der Waals surface area contributed by atoms with E-state index in [9.17, 15) is 19.6 Å². The molecule has 2 amide bonds. The number of para-hydroxylation sites is 1. The van der Waals surface area contributed by atoms with Crippen molar-refractivity contribution in [3.63, 3.8) is 0 Å². The third-order valence-electron chi connectivity index (χ3n) is 6.79. The summed E-state index contributed by atoms with van der Waals surface area (Å²) in [5.74, 6) is -1.30. The summed E-state index contributed by atoms with van der Waals surface area (Å²) < 4.78 is 0.505. The third kappa shape index (κ3) is 5.09. The van der Waals surface area contributed by atoms with Crippen LogP contribution in [-0.2, 0) is 9.59 Å². The molecule has 2 heterocycles. The van der Waals surface area contributed by atoms with Crippen LogP contribution in [0.2, 0.25) is 0 Å². The summed E-state index contributed by atoms with van der Waals surface area (Å²) in [4.78, 5) is 39.2. The van der Waals surface area contributed by atoms with Crippen molar-refractivity contribution in [1.29, 1.82) is 5.26 Å².